The molecule has 3 rings (SSSR count). The summed E-state index contributed by atoms with van der Waals surface area (Å²) in [7, 11) is 0. The first-order valence-electron chi connectivity index (χ1n) is 9.58. The minimum Gasteiger partial charge on any atom is -0.467 e. The zero-order valence-corrected chi connectivity index (χ0v) is 16.3. The predicted molar refractivity (Wildman–Crippen MR) is 111 cm³/mol. The summed E-state index contributed by atoms with van der Waals surface area (Å²) in [5.41, 5.74) is 1.35. The molecule has 0 radical (unpaired) electrons. The molecule has 0 aliphatic heterocycles. The largest absolute Gasteiger partial charge is 0.467 e. The molecule has 1 atom stereocenters. The number of carbonyl (C=O) groups is 3. The summed E-state index contributed by atoms with van der Waals surface area (Å²) in [4.78, 5) is 37.3. The lowest BCUT2D eigenvalue weighted by atomic mass is 10.0. The van der Waals surface area contributed by atoms with Gasteiger partial charge in [0.1, 0.15) is 11.8 Å². The van der Waals surface area contributed by atoms with Gasteiger partial charge in [-0.3, -0.25) is 14.4 Å². The second-order valence-electron chi connectivity index (χ2n) is 6.66. The maximum Gasteiger partial charge on any atom is 0.251 e. The van der Waals surface area contributed by atoms with Crippen molar-refractivity contribution in [3.8, 4) is 0 Å². The van der Waals surface area contributed by atoms with E-state index in [1.807, 2.05) is 36.4 Å². The van der Waals surface area contributed by atoms with Gasteiger partial charge in [0.15, 0.2) is 0 Å². The monoisotopic (exact) mass is 405 g/mol. The molecule has 154 valence electrons. The van der Waals surface area contributed by atoms with Crippen LogP contribution in [-0.2, 0) is 22.6 Å². The fourth-order valence-electron chi connectivity index (χ4n) is 2.84. The normalized spacial score (nSPS) is 11.3. The minimum atomic E-state index is -0.821. The topological polar surface area (TPSA) is 100 Å². The second kappa shape index (κ2) is 10.6. The molecule has 3 aromatic rings. The van der Waals surface area contributed by atoms with Gasteiger partial charge in [0.25, 0.3) is 5.91 Å². The summed E-state index contributed by atoms with van der Waals surface area (Å²) in [5, 5.41) is 8.02. The average Bonchev–Trinajstić information content (AvgIpc) is 3.30. The van der Waals surface area contributed by atoms with Crippen LogP contribution < -0.4 is 16.0 Å². The van der Waals surface area contributed by atoms with Gasteiger partial charge in [0.05, 0.1) is 19.4 Å². The summed E-state index contributed by atoms with van der Waals surface area (Å²) in [6, 6.07) is 20.7. The molecule has 1 heterocycles. The Bertz CT molecular complexity index is 957. The highest BCUT2D eigenvalue weighted by molar-refractivity contribution is 5.98. The fraction of sp³-hybridized carbons (Fsp3) is 0.174. The van der Waals surface area contributed by atoms with Crippen molar-refractivity contribution in [2.24, 2.45) is 0 Å². The Balaban J connectivity index is 1.59. The molecule has 1 aromatic heterocycles. The molecule has 0 bridgehead atoms. The third-order valence-corrected chi connectivity index (χ3v) is 4.40. The van der Waals surface area contributed by atoms with Crippen LogP contribution in [0.5, 0.6) is 0 Å². The summed E-state index contributed by atoms with van der Waals surface area (Å²) in [6.45, 7) is 0.0337. The third kappa shape index (κ3) is 6.34. The molecule has 3 amide bonds. The van der Waals surface area contributed by atoms with Crippen LogP contribution in [-0.4, -0.2) is 30.3 Å². The number of carbonyl (C=O) groups excluding carboxylic acids is 3. The van der Waals surface area contributed by atoms with Crippen molar-refractivity contribution in [2.75, 3.05) is 6.54 Å². The molecule has 7 nitrogen and oxygen atoms in total. The van der Waals surface area contributed by atoms with Crippen molar-refractivity contribution in [3.63, 3.8) is 0 Å². The maximum absolute atomic E-state index is 12.7. The van der Waals surface area contributed by atoms with Crippen LogP contribution in [0.1, 0.15) is 21.7 Å². The Morgan fingerprint density at radius 1 is 0.833 bits per heavy atom. The highest BCUT2D eigenvalue weighted by atomic mass is 16.3. The molecular weight excluding hydrogens is 382 g/mol. The van der Waals surface area contributed by atoms with Crippen molar-refractivity contribution in [1.29, 1.82) is 0 Å². The first-order valence-corrected chi connectivity index (χ1v) is 9.58. The van der Waals surface area contributed by atoms with E-state index in [0.717, 1.165) is 5.56 Å². The van der Waals surface area contributed by atoms with Crippen molar-refractivity contribution < 1.29 is 18.8 Å². The molecule has 3 N–H and O–H groups in total. The number of rotatable bonds is 9. The van der Waals surface area contributed by atoms with Gasteiger partial charge in [-0.2, -0.15) is 0 Å². The lowest BCUT2D eigenvalue weighted by molar-refractivity contribution is -0.127. The molecule has 30 heavy (non-hydrogen) atoms. The predicted octanol–water partition coefficient (Wildman–Crippen LogP) is 2.05. The summed E-state index contributed by atoms with van der Waals surface area (Å²) < 4.78 is 5.15. The molecule has 2 aromatic carbocycles. The first-order chi connectivity index (χ1) is 14.6. The van der Waals surface area contributed by atoms with E-state index < -0.39 is 11.9 Å². The average molecular weight is 405 g/mol. The highest BCUT2D eigenvalue weighted by Gasteiger charge is 2.22. The van der Waals surface area contributed by atoms with E-state index in [1.165, 1.54) is 6.26 Å². The van der Waals surface area contributed by atoms with E-state index in [9.17, 15) is 14.4 Å². The summed E-state index contributed by atoms with van der Waals surface area (Å²) in [6.07, 6.45) is 1.83. The van der Waals surface area contributed by atoms with Gasteiger partial charge in [-0.05, 0) is 29.8 Å². The molecule has 0 saturated heterocycles. The SMILES string of the molecule is O=C(CNC(=O)[C@@H](Cc1ccccc1)NC(=O)c1ccccc1)NCc1ccco1. The standard InChI is InChI=1S/C23H23N3O4/c27-21(24-15-19-12-7-13-30-19)16-25-23(29)20(14-17-8-3-1-4-9-17)26-22(28)18-10-5-2-6-11-18/h1-13,20H,14-16H2,(H,24,27)(H,25,29)(H,26,28)/t20-/m1/s1. The molecular formula is C23H23N3O4. The van der Waals surface area contributed by atoms with Crippen LogP contribution in [0.25, 0.3) is 0 Å². The van der Waals surface area contributed by atoms with Crippen LogP contribution in [0.3, 0.4) is 0 Å². The minimum absolute atomic E-state index is 0.202. The van der Waals surface area contributed by atoms with Crippen molar-refractivity contribution >= 4 is 17.7 Å². The Morgan fingerprint density at radius 3 is 2.20 bits per heavy atom. The van der Waals surface area contributed by atoms with Gasteiger partial charge >= 0.3 is 0 Å². The van der Waals surface area contributed by atoms with E-state index in [4.69, 9.17) is 4.42 Å². The number of hydrogen-bond acceptors (Lipinski definition) is 4. The lowest BCUT2D eigenvalue weighted by Gasteiger charge is -2.19. The smallest absolute Gasteiger partial charge is 0.251 e. The first kappa shape index (κ1) is 20.9. The molecule has 0 spiro atoms. The van der Waals surface area contributed by atoms with Gasteiger partial charge in [0, 0.05) is 12.0 Å². The van der Waals surface area contributed by atoms with Gasteiger partial charge in [-0.15, -0.1) is 0 Å². The quantitative estimate of drug-likeness (QED) is 0.507. The lowest BCUT2D eigenvalue weighted by Crippen LogP contribution is -2.50. The molecule has 0 unspecified atom stereocenters. The third-order valence-electron chi connectivity index (χ3n) is 4.40. The van der Waals surface area contributed by atoms with Gasteiger partial charge < -0.3 is 20.4 Å². The number of furan rings is 1. The molecule has 0 aliphatic rings. The van der Waals surface area contributed by atoms with Crippen LogP contribution in [0.4, 0.5) is 0 Å². The van der Waals surface area contributed by atoms with E-state index >= 15 is 0 Å². The summed E-state index contributed by atoms with van der Waals surface area (Å²) in [5.74, 6) is -0.524. The van der Waals surface area contributed by atoms with E-state index in [2.05, 4.69) is 16.0 Å². The van der Waals surface area contributed by atoms with Crippen LogP contribution in [0.2, 0.25) is 0 Å². The Hall–Kier alpha value is -3.87. The van der Waals surface area contributed by atoms with Gasteiger partial charge in [-0.1, -0.05) is 48.5 Å². The highest BCUT2D eigenvalue weighted by Crippen LogP contribution is 2.06. The Labute approximate surface area is 174 Å². The number of benzene rings is 2. The van der Waals surface area contributed by atoms with Crippen molar-refractivity contribution in [2.45, 2.75) is 19.0 Å². The van der Waals surface area contributed by atoms with Crippen molar-refractivity contribution in [3.05, 3.63) is 95.9 Å². The van der Waals surface area contributed by atoms with E-state index in [0.29, 0.717) is 17.7 Å². The number of amides is 3. The van der Waals surface area contributed by atoms with Crippen LogP contribution in [0.15, 0.2) is 83.5 Å². The zero-order chi connectivity index (χ0) is 21.2. The maximum atomic E-state index is 12.7. The zero-order valence-electron chi connectivity index (χ0n) is 16.3. The van der Waals surface area contributed by atoms with Crippen LogP contribution in [0, 0.1) is 0 Å². The number of hydrogen-bond donors (Lipinski definition) is 3. The van der Waals surface area contributed by atoms with Gasteiger partial charge in [-0.25, -0.2) is 0 Å². The molecule has 0 aliphatic carbocycles. The van der Waals surface area contributed by atoms with Crippen molar-refractivity contribution in [1.82, 2.24) is 16.0 Å². The molecule has 7 heteroatoms. The number of nitrogens with one attached hydrogen (secondary N) is 3. The summed E-state index contributed by atoms with van der Waals surface area (Å²) >= 11 is 0. The molecule has 0 fully saturated rings. The Morgan fingerprint density at radius 2 is 1.53 bits per heavy atom. The van der Waals surface area contributed by atoms with Crippen LogP contribution >= 0.6 is 0 Å². The van der Waals surface area contributed by atoms with Gasteiger partial charge in [0.2, 0.25) is 11.8 Å². The van der Waals surface area contributed by atoms with E-state index in [1.54, 1.807) is 36.4 Å². The Kier molecular flexibility index (Phi) is 7.38. The van der Waals surface area contributed by atoms with E-state index in [-0.39, 0.29) is 24.9 Å². The molecule has 0 saturated carbocycles. The fourth-order valence-corrected chi connectivity index (χ4v) is 2.84. The second-order valence-corrected chi connectivity index (χ2v) is 6.66.